The largest absolute Gasteiger partial charge is 0.469 e. The first kappa shape index (κ1) is 17.3. The summed E-state index contributed by atoms with van der Waals surface area (Å²) in [5, 5.41) is 4.25. The molecular formula is C23H19ClN2O2. The molecule has 3 atom stereocenters. The molecule has 0 spiro atoms. The molecule has 2 aliphatic rings. The summed E-state index contributed by atoms with van der Waals surface area (Å²) >= 11 is 6.08. The highest BCUT2D eigenvalue weighted by Crippen LogP contribution is 2.44. The summed E-state index contributed by atoms with van der Waals surface area (Å²) in [6.07, 6.45) is 2.83. The maximum absolute atomic E-state index is 13.3. The Balaban J connectivity index is 1.60. The van der Waals surface area contributed by atoms with Crippen molar-refractivity contribution in [3.05, 3.63) is 83.3 Å². The number of furan rings is 1. The first-order chi connectivity index (χ1) is 13.7. The van der Waals surface area contributed by atoms with Gasteiger partial charge in [-0.15, -0.1) is 0 Å². The van der Waals surface area contributed by atoms with Crippen molar-refractivity contribution in [3.63, 3.8) is 0 Å². The minimum absolute atomic E-state index is 0.0358. The van der Waals surface area contributed by atoms with Gasteiger partial charge < -0.3 is 9.73 Å². The van der Waals surface area contributed by atoms with Crippen molar-refractivity contribution >= 4 is 34.5 Å². The SMILES string of the molecule is O=C1CC(c2ccco2)CC2=Nc3ccccc3NC(c3ccc(Cl)cc3)C12. The number of fused-ring (bicyclic) bond motifs is 2. The molecule has 1 N–H and O–H groups in total. The van der Waals surface area contributed by atoms with Gasteiger partial charge in [-0.05, 0) is 48.4 Å². The molecule has 1 aliphatic carbocycles. The van der Waals surface area contributed by atoms with Gasteiger partial charge in [-0.2, -0.15) is 0 Å². The summed E-state index contributed by atoms with van der Waals surface area (Å²) in [5.41, 5.74) is 3.75. The number of anilines is 1. The zero-order valence-corrected chi connectivity index (χ0v) is 15.9. The van der Waals surface area contributed by atoms with Gasteiger partial charge >= 0.3 is 0 Å². The van der Waals surface area contributed by atoms with Crippen LogP contribution in [0.3, 0.4) is 0 Å². The molecule has 5 rings (SSSR count). The molecule has 1 aromatic heterocycles. The quantitative estimate of drug-likeness (QED) is 0.589. The lowest BCUT2D eigenvalue weighted by molar-refractivity contribution is -0.122. The molecule has 3 aromatic rings. The molecule has 4 nitrogen and oxygen atoms in total. The van der Waals surface area contributed by atoms with Crippen molar-refractivity contribution in [2.75, 3.05) is 5.32 Å². The fourth-order valence-corrected chi connectivity index (χ4v) is 4.40. The maximum atomic E-state index is 13.3. The first-order valence-electron chi connectivity index (χ1n) is 9.43. The number of aliphatic imine (C=N–C) groups is 1. The predicted octanol–water partition coefficient (Wildman–Crippen LogP) is 5.94. The molecule has 0 bridgehead atoms. The van der Waals surface area contributed by atoms with E-state index in [2.05, 4.69) is 5.32 Å². The maximum Gasteiger partial charge on any atom is 0.144 e. The second-order valence-corrected chi connectivity index (χ2v) is 7.79. The molecule has 3 unspecified atom stereocenters. The smallest absolute Gasteiger partial charge is 0.144 e. The Morgan fingerprint density at radius 1 is 1.00 bits per heavy atom. The molecule has 28 heavy (non-hydrogen) atoms. The number of carbonyl (C=O) groups is 1. The van der Waals surface area contributed by atoms with E-state index in [0.717, 1.165) is 28.4 Å². The summed E-state index contributed by atoms with van der Waals surface area (Å²) in [4.78, 5) is 18.2. The number of para-hydroxylation sites is 2. The van der Waals surface area contributed by atoms with E-state index in [9.17, 15) is 4.79 Å². The monoisotopic (exact) mass is 390 g/mol. The van der Waals surface area contributed by atoms with Gasteiger partial charge in [0.05, 0.1) is 29.6 Å². The highest BCUT2D eigenvalue weighted by atomic mass is 35.5. The number of halogens is 1. The van der Waals surface area contributed by atoms with Crippen LogP contribution in [0, 0.1) is 5.92 Å². The zero-order valence-electron chi connectivity index (χ0n) is 15.1. The normalized spacial score (nSPS) is 23.8. The third-order valence-electron chi connectivity index (χ3n) is 5.60. The summed E-state index contributed by atoms with van der Waals surface area (Å²) in [6.45, 7) is 0. The molecule has 1 fully saturated rings. The van der Waals surface area contributed by atoms with E-state index in [0.29, 0.717) is 17.9 Å². The minimum Gasteiger partial charge on any atom is -0.469 e. The van der Waals surface area contributed by atoms with E-state index in [-0.39, 0.29) is 23.7 Å². The number of ketones is 1. The van der Waals surface area contributed by atoms with Gasteiger partial charge in [0, 0.05) is 23.1 Å². The van der Waals surface area contributed by atoms with Crippen LogP contribution in [0.5, 0.6) is 0 Å². The molecule has 1 saturated carbocycles. The Kier molecular flexibility index (Phi) is 4.29. The number of carbonyl (C=O) groups excluding carboxylic acids is 1. The lowest BCUT2D eigenvalue weighted by Crippen LogP contribution is -2.38. The second kappa shape index (κ2) is 6.95. The number of nitrogens with zero attached hydrogens (tertiary/aromatic N) is 1. The van der Waals surface area contributed by atoms with E-state index in [1.165, 1.54) is 0 Å². The van der Waals surface area contributed by atoms with Crippen molar-refractivity contribution in [1.29, 1.82) is 0 Å². The Labute approximate surface area is 168 Å². The molecule has 0 radical (unpaired) electrons. The van der Waals surface area contributed by atoms with Gasteiger partial charge in [0.15, 0.2) is 0 Å². The van der Waals surface area contributed by atoms with Gasteiger partial charge in [-0.1, -0.05) is 35.9 Å². The van der Waals surface area contributed by atoms with E-state index in [4.69, 9.17) is 21.0 Å². The molecular weight excluding hydrogens is 372 g/mol. The van der Waals surface area contributed by atoms with Crippen LogP contribution < -0.4 is 5.32 Å². The highest BCUT2D eigenvalue weighted by molar-refractivity contribution is 6.30. The lowest BCUT2D eigenvalue weighted by atomic mass is 9.73. The van der Waals surface area contributed by atoms with Crippen molar-refractivity contribution in [2.45, 2.75) is 24.8 Å². The molecule has 0 amide bonds. The molecule has 1 aliphatic heterocycles. The van der Waals surface area contributed by atoms with Crippen LogP contribution in [0.15, 0.2) is 76.3 Å². The van der Waals surface area contributed by atoms with Crippen molar-refractivity contribution in [1.82, 2.24) is 0 Å². The summed E-state index contributed by atoms with van der Waals surface area (Å²) in [7, 11) is 0. The van der Waals surface area contributed by atoms with Gasteiger partial charge in [-0.3, -0.25) is 9.79 Å². The topological polar surface area (TPSA) is 54.6 Å². The van der Waals surface area contributed by atoms with E-state index < -0.39 is 0 Å². The van der Waals surface area contributed by atoms with Gasteiger partial charge in [0.25, 0.3) is 0 Å². The number of Topliss-reactive ketones (excluding diaryl/α,β-unsaturated/α-hetero) is 1. The first-order valence-corrected chi connectivity index (χ1v) is 9.81. The van der Waals surface area contributed by atoms with E-state index in [1.54, 1.807) is 6.26 Å². The van der Waals surface area contributed by atoms with Crippen LogP contribution in [0.1, 0.15) is 36.1 Å². The van der Waals surface area contributed by atoms with E-state index >= 15 is 0 Å². The standard InChI is InChI=1S/C23H19ClN2O2/c24-16-9-7-14(8-10-16)23-22-19(25-17-4-1-2-5-18(17)26-23)12-15(13-20(22)27)21-6-3-11-28-21/h1-11,15,22-23,26H,12-13H2. The summed E-state index contributed by atoms with van der Waals surface area (Å²) < 4.78 is 5.59. The van der Waals surface area contributed by atoms with Crippen molar-refractivity contribution < 1.29 is 9.21 Å². The third kappa shape index (κ3) is 3.04. The van der Waals surface area contributed by atoms with Gasteiger partial charge in [0.2, 0.25) is 0 Å². The zero-order chi connectivity index (χ0) is 19.1. The van der Waals surface area contributed by atoms with Crippen LogP contribution in [-0.4, -0.2) is 11.5 Å². The Hall–Kier alpha value is -2.85. The van der Waals surface area contributed by atoms with Crippen LogP contribution >= 0.6 is 11.6 Å². The van der Waals surface area contributed by atoms with Gasteiger partial charge in [-0.25, -0.2) is 0 Å². The number of hydrogen-bond acceptors (Lipinski definition) is 4. The van der Waals surface area contributed by atoms with Crippen molar-refractivity contribution in [2.24, 2.45) is 10.9 Å². The molecule has 0 saturated heterocycles. The van der Waals surface area contributed by atoms with Crippen LogP contribution in [-0.2, 0) is 4.79 Å². The number of benzene rings is 2. The molecule has 140 valence electrons. The Morgan fingerprint density at radius 2 is 1.82 bits per heavy atom. The Bertz CT molecular complexity index is 1040. The highest BCUT2D eigenvalue weighted by Gasteiger charge is 2.42. The lowest BCUT2D eigenvalue weighted by Gasteiger charge is -2.33. The minimum atomic E-state index is -0.306. The number of rotatable bonds is 2. The van der Waals surface area contributed by atoms with Crippen LogP contribution in [0.4, 0.5) is 11.4 Å². The summed E-state index contributed by atoms with van der Waals surface area (Å²) in [6, 6.07) is 19.3. The van der Waals surface area contributed by atoms with Crippen LogP contribution in [0.2, 0.25) is 5.02 Å². The molecule has 2 heterocycles. The number of hydrogen-bond donors (Lipinski definition) is 1. The Morgan fingerprint density at radius 3 is 2.61 bits per heavy atom. The average molecular weight is 391 g/mol. The van der Waals surface area contributed by atoms with Crippen molar-refractivity contribution in [3.8, 4) is 0 Å². The second-order valence-electron chi connectivity index (χ2n) is 7.36. The van der Waals surface area contributed by atoms with E-state index in [1.807, 2.05) is 60.7 Å². The fourth-order valence-electron chi connectivity index (χ4n) is 4.27. The third-order valence-corrected chi connectivity index (χ3v) is 5.85. The molecule has 2 aromatic carbocycles. The fraction of sp³-hybridized carbons (Fsp3) is 0.217. The summed E-state index contributed by atoms with van der Waals surface area (Å²) in [5.74, 6) is 0.767. The average Bonchev–Trinajstić information content (AvgIpc) is 3.18. The number of nitrogens with one attached hydrogen (secondary N) is 1. The van der Waals surface area contributed by atoms with Gasteiger partial charge in [0.1, 0.15) is 11.5 Å². The predicted molar refractivity (Wildman–Crippen MR) is 111 cm³/mol. The molecule has 5 heteroatoms. The van der Waals surface area contributed by atoms with Crippen LogP contribution in [0.25, 0.3) is 0 Å².